The molecule has 2 amide bonds. The van der Waals surface area contributed by atoms with Gasteiger partial charge in [0, 0.05) is 35.8 Å². The van der Waals surface area contributed by atoms with E-state index in [1.54, 1.807) is 49.6 Å². The lowest BCUT2D eigenvalue weighted by Gasteiger charge is -2.09. The zero-order chi connectivity index (χ0) is 20.1. The minimum absolute atomic E-state index is 0.178. The monoisotopic (exact) mass is 396 g/mol. The maximum Gasteiger partial charge on any atom is 0.258 e. The molecular formula is C20H20N4O3S. The highest BCUT2D eigenvalue weighted by Gasteiger charge is 2.16. The van der Waals surface area contributed by atoms with Gasteiger partial charge in [-0.1, -0.05) is 5.16 Å². The molecule has 2 N–H and O–H groups in total. The predicted octanol–water partition coefficient (Wildman–Crippen LogP) is 3.59. The molecule has 0 aliphatic rings. The average molecular weight is 396 g/mol. The molecular weight excluding hydrogens is 376 g/mol. The van der Waals surface area contributed by atoms with Crippen LogP contribution in [0.15, 0.2) is 52.1 Å². The van der Waals surface area contributed by atoms with E-state index in [9.17, 15) is 9.59 Å². The summed E-state index contributed by atoms with van der Waals surface area (Å²) in [5, 5.41) is 9.98. The van der Waals surface area contributed by atoms with E-state index < -0.39 is 0 Å². The van der Waals surface area contributed by atoms with E-state index in [-0.39, 0.29) is 11.8 Å². The lowest BCUT2D eigenvalue weighted by Crippen LogP contribution is -2.18. The van der Waals surface area contributed by atoms with Gasteiger partial charge in [-0.3, -0.25) is 9.59 Å². The van der Waals surface area contributed by atoms with Crippen LogP contribution in [-0.2, 0) is 5.75 Å². The molecule has 2 aromatic heterocycles. The third-order valence-electron chi connectivity index (χ3n) is 4.18. The number of benzene rings is 1. The number of aryl methyl sites for hydroxylation is 2. The van der Waals surface area contributed by atoms with E-state index in [1.807, 2.05) is 13.8 Å². The number of carbonyl (C=O) groups excluding carboxylic acids is 2. The van der Waals surface area contributed by atoms with E-state index in [2.05, 4.69) is 20.8 Å². The highest BCUT2D eigenvalue weighted by atomic mass is 32.2. The number of nitrogens with one attached hydrogen (secondary N) is 2. The Morgan fingerprint density at radius 3 is 2.50 bits per heavy atom. The first kappa shape index (κ1) is 19.6. The van der Waals surface area contributed by atoms with Crippen molar-refractivity contribution < 1.29 is 14.1 Å². The molecule has 0 saturated carbocycles. The summed E-state index contributed by atoms with van der Waals surface area (Å²) in [6.07, 6.45) is 1.66. The third kappa shape index (κ3) is 4.40. The fourth-order valence-electron chi connectivity index (χ4n) is 2.57. The Bertz CT molecular complexity index is 979. The van der Waals surface area contributed by atoms with Crippen molar-refractivity contribution in [3.05, 3.63) is 70.7 Å². The summed E-state index contributed by atoms with van der Waals surface area (Å²) in [4.78, 5) is 28.7. The number of amides is 2. The third-order valence-corrected chi connectivity index (χ3v) is 5.21. The van der Waals surface area contributed by atoms with Gasteiger partial charge in [0.15, 0.2) is 0 Å². The Hall–Kier alpha value is -3.13. The highest BCUT2D eigenvalue weighted by Crippen LogP contribution is 2.27. The van der Waals surface area contributed by atoms with Gasteiger partial charge in [-0.05, 0) is 50.2 Å². The lowest BCUT2D eigenvalue weighted by molar-refractivity contribution is 0.0962. The minimum atomic E-state index is -0.262. The molecule has 0 fully saturated rings. The summed E-state index contributed by atoms with van der Waals surface area (Å²) in [6, 6.07) is 10.2. The number of rotatable bonds is 6. The normalized spacial score (nSPS) is 10.5. The van der Waals surface area contributed by atoms with E-state index in [0.29, 0.717) is 27.6 Å². The second kappa shape index (κ2) is 8.71. The molecule has 0 saturated heterocycles. The van der Waals surface area contributed by atoms with Gasteiger partial charge in [0.1, 0.15) is 10.8 Å². The van der Waals surface area contributed by atoms with Gasteiger partial charge in [-0.2, -0.15) is 0 Å². The maximum atomic E-state index is 12.7. The van der Waals surface area contributed by atoms with Crippen LogP contribution < -0.4 is 10.6 Å². The van der Waals surface area contributed by atoms with Crippen LogP contribution in [-0.4, -0.2) is 29.0 Å². The topological polar surface area (TPSA) is 97.1 Å². The molecule has 0 bridgehead atoms. The summed E-state index contributed by atoms with van der Waals surface area (Å²) in [5.74, 6) is 0.938. The molecule has 3 aromatic rings. The van der Waals surface area contributed by atoms with E-state index in [4.69, 9.17) is 4.52 Å². The maximum absolute atomic E-state index is 12.7. The number of carbonyl (C=O) groups is 2. The van der Waals surface area contributed by atoms with Crippen molar-refractivity contribution in [3.8, 4) is 0 Å². The Kier molecular flexibility index (Phi) is 6.10. The van der Waals surface area contributed by atoms with Crippen LogP contribution in [0, 0.1) is 13.8 Å². The molecule has 0 radical (unpaired) electrons. The Morgan fingerprint density at radius 1 is 1.11 bits per heavy atom. The first-order valence-electron chi connectivity index (χ1n) is 8.62. The predicted molar refractivity (Wildman–Crippen MR) is 108 cm³/mol. The summed E-state index contributed by atoms with van der Waals surface area (Å²) in [5.41, 5.74) is 3.45. The number of pyridine rings is 1. The summed E-state index contributed by atoms with van der Waals surface area (Å²) >= 11 is 1.46. The molecule has 7 nitrogen and oxygen atoms in total. The zero-order valence-electron chi connectivity index (χ0n) is 15.8. The number of hydrogen-bond donors (Lipinski definition) is 2. The number of hydrogen-bond acceptors (Lipinski definition) is 6. The van der Waals surface area contributed by atoms with Gasteiger partial charge in [-0.25, -0.2) is 4.98 Å². The summed E-state index contributed by atoms with van der Waals surface area (Å²) in [6.45, 7) is 3.76. The van der Waals surface area contributed by atoms with Crippen molar-refractivity contribution in [1.82, 2.24) is 15.5 Å². The van der Waals surface area contributed by atoms with Gasteiger partial charge in [-0.15, -0.1) is 11.8 Å². The molecule has 0 aliphatic carbocycles. The SMILES string of the molecule is CNC(=O)c1ccc(NC(=O)c2cccnc2SCc2c(C)noc2C)cc1. The summed E-state index contributed by atoms with van der Waals surface area (Å²) < 4.78 is 5.18. The van der Waals surface area contributed by atoms with Gasteiger partial charge < -0.3 is 15.2 Å². The molecule has 0 unspecified atom stereocenters. The van der Waals surface area contributed by atoms with Crippen LogP contribution in [0.4, 0.5) is 5.69 Å². The molecule has 8 heteroatoms. The quantitative estimate of drug-likeness (QED) is 0.618. The van der Waals surface area contributed by atoms with Crippen molar-refractivity contribution in [1.29, 1.82) is 0 Å². The van der Waals surface area contributed by atoms with Crippen molar-refractivity contribution in [2.45, 2.75) is 24.6 Å². The zero-order valence-corrected chi connectivity index (χ0v) is 16.6. The van der Waals surface area contributed by atoms with Gasteiger partial charge in [0.25, 0.3) is 11.8 Å². The number of aromatic nitrogens is 2. The fourth-order valence-corrected chi connectivity index (χ4v) is 3.72. The Morgan fingerprint density at radius 2 is 1.86 bits per heavy atom. The summed E-state index contributed by atoms with van der Waals surface area (Å²) in [7, 11) is 1.57. The van der Waals surface area contributed by atoms with Crippen LogP contribution >= 0.6 is 11.8 Å². The lowest BCUT2D eigenvalue weighted by atomic mass is 10.2. The molecule has 0 atom stereocenters. The second-order valence-corrected chi connectivity index (χ2v) is 7.02. The van der Waals surface area contributed by atoms with Gasteiger partial charge >= 0.3 is 0 Å². The van der Waals surface area contributed by atoms with E-state index >= 15 is 0 Å². The van der Waals surface area contributed by atoms with E-state index in [0.717, 1.165) is 17.0 Å². The average Bonchev–Trinajstić information content (AvgIpc) is 3.04. The van der Waals surface area contributed by atoms with Crippen LogP contribution in [0.5, 0.6) is 0 Å². The van der Waals surface area contributed by atoms with Gasteiger partial charge in [0.05, 0.1) is 11.3 Å². The standard InChI is InChI=1S/C20H20N4O3S/c1-12-17(13(2)27-24-12)11-28-20-16(5-4-10-22-20)19(26)23-15-8-6-14(7-9-15)18(25)21-3/h4-10H,11H2,1-3H3,(H,21,25)(H,23,26). The number of nitrogens with zero attached hydrogens (tertiary/aromatic N) is 2. The van der Waals surface area contributed by atoms with Crippen molar-refractivity contribution in [3.63, 3.8) is 0 Å². The first-order valence-corrected chi connectivity index (χ1v) is 9.61. The first-order chi connectivity index (χ1) is 13.5. The van der Waals surface area contributed by atoms with Crippen molar-refractivity contribution in [2.75, 3.05) is 12.4 Å². The minimum Gasteiger partial charge on any atom is -0.361 e. The van der Waals surface area contributed by atoms with Crippen LogP contribution in [0.1, 0.15) is 37.7 Å². The second-order valence-electron chi connectivity index (χ2n) is 6.06. The molecule has 144 valence electrons. The molecule has 1 aromatic carbocycles. The molecule has 2 heterocycles. The smallest absolute Gasteiger partial charge is 0.258 e. The van der Waals surface area contributed by atoms with Crippen LogP contribution in [0.3, 0.4) is 0 Å². The van der Waals surface area contributed by atoms with Crippen molar-refractivity contribution >= 4 is 29.3 Å². The fraction of sp³-hybridized carbons (Fsp3) is 0.200. The van der Waals surface area contributed by atoms with Crippen LogP contribution in [0.25, 0.3) is 0 Å². The van der Waals surface area contributed by atoms with Crippen molar-refractivity contribution in [2.24, 2.45) is 0 Å². The van der Waals surface area contributed by atoms with E-state index in [1.165, 1.54) is 11.8 Å². The largest absolute Gasteiger partial charge is 0.361 e. The molecule has 0 aliphatic heterocycles. The molecule has 3 rings (SSSR count). The van der Waals surface area contributed by atoms with Crippen LogP contribution in [0.2, 0.25) is 0 Å². The molecule has 0 spiro atoms. The molecule has 28 heavy (non-hydrogen) atoms. The van der Waals surface area contributed by atoms with Gasteiger partial charge in [0.2, 0.25) is 0 Å². The Labute approximate surface area is 166 Å². The highest BCUT2D eigenvalue weighted by molar-refractivity contribution is 7.98. The Balaban J connectivity index is 1.73. The number of thioether (sulfide) groups is 1. The number of anilines is 1.